The molecule has 92 valence electrons. The Bertz CT molecular complexity index is 410. The van der Waals surface area contributed by atoms with Crippen LogP contribution >= 0.6 is 22.6 Å². The second-order valence-corrected chi connectivity index (χ2v) is 6.14. The molecule has 3 atom stereocenters. The Balaban J connectivity index is 1.57. The van der Waals surface area contributed by atoms with E-state index in [1.807, 2.05) is 0 Å². The number of fused-ring (bicyclic) bond motifs is 1. The Labute approximate surface area is 114 Å². The second kappa shape index (κ2) is 4.37. The zero-order valence-corrected chi connectivity index (χ0v) is 11.7. The van der Waals surface area contributed by atoms with Crippen molar-refractivity contribution >= 4 is 22.6 Å². The summed E-state index contributed by atoms with van der Waals surface area (Å²) in [4.78, 5) is 3.93. The highest BCUT2D eigenvalue weighted by molar-refractivity contribution is 14.1. The summed E-state index contributed by atoms with van der Waals surface area (Å²) < 4.78 is 19.6. The predicted octanol–water partition coefficient (Wildman–Crippen LogP) is 3.45. The Kier molecular flexibility index (Phi) is 3.00. The van der Waals surface area contributed by atoms with Crippen LogP contribution in [-0.4, -0.2) is 16.0 Å². The van der Waals surface area contributed by atoms with Crippen molar-refractivity contribution in [3.63, 3.8) is 0 Å². The number of pyridine rings is 1. The smallest absolute Gasteiger partial charge is 0.213 e. The topological polar surface area (TPSA) is 22.1 Å². The molecule has 1 aromatic rings. The third kappa shape index (κ3) is 1.94. The van der Waals surface area contributed by atoms with Crippen molar-refractivity contribution in [2.75, 3.05) is 11.0 Å². The van der Waals surface area contributed by atoms with Gasteiger partial charge >= 0.3 is 0 Å². The number of halogens is 2. The normalized spacial score (nSPS) is 33.8. The summed E-state index contributed by atoms with van der Waals surface area (Å²) in [6.07, 6.45) is 5.17. The van der Waals surface area contributed by atoms with Gasteiger partial charge < -0.3 is 4.74 Å². The number of nitrogens with zero attached hydrogens (tertiary/aromatic N) is 1. The van der Waals surface area contributed by atoms with Crippen LogP contribution in [0.2, 0.25) is 0 Å². The van der Waals surface area contributed by atoms with Gasteiger partial charge in [-0.3, -0.25) is 0 Å². The van der Waals surface area contributed by atoms with Crippen molar-refractivity contribution in [1.82, 2.24) is 4.98 Å². The largest absolute Gasteiger partial charge is 0.477 e. The molecule has 3 unspecified atom stereocenters. The lowest BCUT2D eigenvalue weighted by molar-refractivity contribution is 0.152. The van der Waals surface area contributed by atoms with Crippen LogP contribution < -0.4 is 4.74 Å². The molecule has 0 radical (unpaired) electrons. The van der Waals surface area contributed by atoms with Crippen LogP contribution in [0.15, 0.2) is 18.3 Å². The maximum absolute atomic E-state index is 12.7. The quantitative estimate of drug-likeness (QED) is 0.601. The molecular weight excluding hydrogens is 332 g/mol. The molecule has 2 aliphatic carbocycles. The van der Waals surface area contributed by atoms with Gasteiger partial charge in [0.15, 0.2) is 0 Å². The molecule has 0 N–H and O–H groups in total. The lowest BCUT2D eigenvalue weighted by Gasteiger charge is -2.25. The van der Waals surface area contributed by atoms with Gasteiger partial charge in [-0.1, -0.05) is 22.6 Å². The van der Waals surface area contributed by atoms with Crippen molar-refractivity contribution in [2.45, 2.75) is 19.3 Å². The van der Waals surface area contributed by atoms with Crippen LogP contribution in [-0.2, 0) is 0 Å². The molecule has 0 amide bonds. The highest BCUT2D eigenvalue weighted by Gasteiger charge is 2.69. The van der Waals surface area contributed by atoms with Gasteiger partial charge in [0.25, 0.3) is 0 Å². The molecule has 1 aromatic heterocycles. The molecule has 2 aliphatic rings. The number of hydrogen-bond donors (Lipinski definition) is 0. The van der Waals surface area contributed by atoms with Crippen LogP contribution in [0, 0.1) is 23.1 Å². The molecule has 0 saturated heterocycles. The van der Waals surface area contributed by atoms with Crippen molar-refractivity contribution in [3.05, 3.63) is 24.1 Å². The molecule has 2 fully saturated rings. The highest BCUT2D eigenvalue weighted by Crippen LogP contribution is 2.73. The Morgan fingerprint density at radius 3 is 3.00 bits per heavy atom. The SMILES string of the molecule is Fc1ccc(OCC23CCC2C3CCI)nc1. The molecule has 3 rings (SSSR count). The van der Waals surface area contributed by atoms with Gasteiger partial charge in [0, 0.05) is 11.5 Å². The lowest BCUT2D eigenvalue weighted by atomic mass is 9.85. The number of ether oxygens (including phenoxy) is 1. The fourth-order valence-corrected chi connectivity index (χ4v) is 3.96. The predicted molar refractivity (Wildman–Crippen MR) is 71.8 cm³/mol. The summed E-state index contributed by atoms with van der Waals surface area (Å²) in [5.41, 5.74) is 0.446. The molecule has 0 bridgehead atoms. The van der Waals surface area contributed by atoms with Gasteiger partial charge in [-0.15, -0.1) is 0 Å². The van der Waals surface area contributed by atoms with E-state index in [-0.39, 0.29) is 5.82 Å². The average Bonchev–Trinajstić information content (AvgIpc) is 2.74. The summed E-state index contributed by atoms with van der Waals surface area (Å²) in [6, 6.07) is 3.00. The van der Waals surface area contributed by atoms with E-state index in [9.17, 15) is 4.39 Å². The van der Waals surface area contributed by atoms with Gasteiger partial charge in [0.05, 0.1) is 12.8 Å². The molecule has 4 heteroatoms. The van der Waals surface area contributed by atoms with E-state index in [4.69, 9.17) is 4.74 Å². The van der Waals surface area contributed by atoms with E-state index in [0.29, 0.717) is 11.3 Å². The van der Waals surface area contributed by atoms with Crippen molar-refractivity contribution in [2.24, 2.45) is 17.3 Å². The van der Waals surface area contributed by atoms with Crippen LogP contribution in [0.1, 0.15) is 19.3 Å². The van der Waals surface area contributed by atoms with Gasteiger partial charge in [-0.05, 0) is 41.6 Å². The molecule has 0 spiro atoms. The minimum Gasteiger partial charge on any atom is -0.477 e. The third-order valence-electron chi connectivity index (χ3n) is 4.38. The number of rotatable bonds is 5. The fourth-order valence-electron chi connectivity index (χ4n) is 3.29. The van der Waals surface area contributed by atoms with Gasteiger partial charge in [-0.2, -0.15) is 0 Å². The van der Waals surface area contributed by atoms with Gasteiger partial charge in [0.2, 0.25) is 5.88 Å². The molecule has 2 saturated carbocycles. The molecule has 0 aliphatic heterocycles. The molecular formula is C13H15FINO. The summed E-state index contributed by atoms with van der Waals surface area (Å²) in [5, 5.41) is 0. The number of aromatic nitrogens is 1. The van der Waals surface area contributed by atoms with Crippen LogP contribution in [0.25, 0.3) is 0 Å². The van der Waals surface area contributed by atoms with Crippen molar-refractivity contribution < 1.29 is 9.13 Å². The Morgan fingerprint density at radius 1 is 1.53 bits per heavy atom. The summed E-state index contributed by atoms with van der Waals surface area (Å²) in [6.45, 7) is 0.762. The third-order valence-corrected chi connectivity index (χ3v) is 5.01. The van der Waals surface area contributed by atoms with E-state index in [1.54, 1.807) is 6.07 Å². The van der Waals surface area contributed by atoms with Crippen LogP contribution in [0.4, 0.5) is 4.39 Å². The van der Waals surface area contributed by atoms with E-state index < -0.39 is 0 Å². The van der Waals surface area contributed by atoms with Gasteiger partial charge in [0.1, 0.15) is 5.82 Å². The molecule has 0 aromatic carbocycles. The molecule has 17 heavy (non-hydrogen) atoms. The summed E-state index contributed by atoms with van der Waals surface area (Å²) in [7, 11) is 0. The monoisotopic (exact) mass is 347 g/mol. The first kappa shape index (κ1) is 11.7. The maximum atomic E-state index is 12.7. The zero-order chi connectivity index (χ0) is 11.9. The van der Waals surface area contributed by atoms with E-state index >= 15 is 0 Å². The second-order valence-electron chi connectivity index (χ2n) is 5.07. The van der Waals surface area contributed by atoms with E-state index in [1.165, 1.54) is 36.0 Å². The number of hydrogen-bond acceptors (Lipinski definition) is 2. The van der Waals surface area contributed by atoms with E-state index in [2.05, 4.69) is 27.6 Å². The first-order valence-corrected chi connectivity index (χ1v) is 7.59. The minimum atomic E-state index is -0.314. The lowest BCUT2D eigenvalue weighted by Crippen LogP contribution is -2.23. The first-order valence-electron chi connectivity index (χ1n) is 6.06. The maximum Gasteiger partial charge on any atom is 0.213 e. The standard InChI is InChI=1S/C13H15FINO/c14-9-1-2-12(16-7-9)17-8-13-5-3-10(13)11(13)4-6-15/h1-2,7,10-11H,3-6,8H2. The summed E-state index contributed by atoms with van der Waals surface area (Å²) >= 11 is 2.45. The fraction of sp³-hybridized carbons (Fsp3) is 0.615. The van der Waals surface area contributed by atoms with Crippen LogP contribution in [0.3, 0.4) is 0 Å². The van der Waals surface area contributed by atoms with Crippen LogP contribution in [0.5, 0.6) is 5.88 Å². The Hall–Kier alpha value is -0.390. The first-order chi connectivity index (χ1) is 8.26. The Morgan fingerprint density at radius 2 is 2.41 bits per heavy atom. The average molecular weight is 347 g/mol. The van der Waals surface area contributed by atoms with E-state index in [0.717, 1.165) is 18.4 Å². The molecule has 1 heterocycles. The minimum absolute atomic E-state index is 0.314. The van der Waals surface area contributed by atoms with Crippen molar-refractivity contribution in [3.8, 4) is 5.88 Å². The van der Waals surface area contributed by atoms with Gasteiger partial charge in [-0.25, -0.2) is 9.37 Å². The highest BCUT2D eigenvalue weighted by atomic mass is 127. The summed E-state index contributed by atoms with van der Waals surface area (Å²) in [5.74, 6) is 1.98. The van der Waals surface area contributed by atoms with Crippen molar-refractivity contribution in [1.29, 1.82) is 0 Å². The zero-order valence-electron chi connectivity index (χ0n) is 9.53. The number of alkyl halides is 1. The molecule has 2 nitrogen and oxygen atoms in total.